The molecule has 1 fully saturated rings. The summed E-state index contributed by atoms with van der Waals surface area (Å²) in [6, 6.07) is 7.33. The van der Waals surface area contributed by atoms with Gasteiger partial charge in [0.05, 0.1) is 18.4 Å². The number of halogens is 3. The van der Waals surface area contributed by atoms with Crippen molar-refractivity contribution in [2.24, 2.45) is 5.92 Å². The van der Waals surface area contributed by atoms with Crippen molar-refractivity contribution in [1.82, 2.24) is 0 Å². The van der Waals surface area contributed by atoms with Crippen LogP contribution in [-0.2, 0) is 6.42 Å². The van der Waals surface area contributed by atoms with Gasteiger partial charge in [0, 0.05) is 24.5 Å². The predicted molar refractivity (Wildman–Crippen MR) is 71.2 cm³/mol. The second kappa shape index (κ2) is 5.61. The molecule has 0 aliphatic carbocycles. The van der Waals surface area contributed by atoms with Crippen molar-refractivity contribution in [2.75, 3.05) is 23.7 Å². The number of nitrogens with zero attached hydrogens (tertiary/aromatic N) is 2. The number of nitriles is 1. The van der Waals surface area contributed by atoms with E-state index in [9.17, 15) is 13.2 Å². The summed E-state index contributed by atoms with van der Waals surface area (Å²) < 4.78 is 37.9. The SMILES string of the molecule is N#CCc1cc(N2CCC(C(F)(F)F)CC2)ccc1N. The number of piperidine rings is 1. The molecule has 1 aliphatic rings. The number of hydrogen-bond acceptors (Lipinski definition) is 3. The van der Waals surface area contributed by atoms with E-state index in [1.807, 2.05) is 11.0 Å². The van der Waals surface area contributed by atoms with Crippen LogP contribution in [0.15, 0.2) is 18.2 Å². The first kappa shape index (κ1) is 14.5. The van der Waals surface area contributed by atoms with Crippen molar-refractivity contribution in [1.29, 1.82) is 5.26 Å². The van der Waals surface area contributed by atoms with E-state index in [1.54, 1.807) is 18.2 Å². The largest absolute Gasteiger partial charge is 0.398 e. The normalized spacial score (nSPS) is 17.0. The van der Waals surface area contributed by atoms with E-state index >= 15 is 0 Å². The van der Waals surface area contributed by atoms with Gasteiger partial charge in [-0.3, -0.25) is 0 Å². The molecule has 0 atom stereocenters. The number of anilines is 2. The Bertz CT molecular complexity index is 511. The Morgan fingerprint density at radius 1 is 1.30 bits per heavy atom. The molecule has 6 heteroatoms. The summed E-state index contributed by atoms with van der Waals surface area (Å²) in [5, 5.41) is 8.73. The molecule has 20 heavy (non-hydrogen) atoms. The maximum atomic E-state index is 12.6. The van der Waals surface area contributed by atoms with Crippen LogP contribution in [0.5, 0.6) is 0 Å². The van der Waals surface area contributed by atoms with E-state index in [0.29, 0.717) is 18.8 Å². The molecule has 0 radical (unpaired) electrons. The highest BCUT2D eigenvalue weighted by Gasteiger charge is 2.41. The molecule has 0 bridgehead atoms. The van der Waals surface area contributed by atoms with Crippen LogP contribution in [0.1, 0.15) is 18.4 Å². The maximum Gasteiger partial charge on any atom is 0.391 e. The molecule has 0 spiro atoms. The van der Waals surface area contributed by atoms with Crippen LogP contribution in [0, 0.1) is 17.2 Å². The summed E-state index contributed by atoms with van der Waals surface area (Å²) in [5.41, 5.74) is 7.87. The zero-order valence-corrected chi connectivity index (χ0v) is 11.0. The Balaban J connectivity index is 2.08. The van der Waals surface area contributed by atoms with Gasteiger partial charge >= 0.3 is 6.18 Å². The quantitative estimate of drug-likeness (QED) is 0.848. The molecule has 1 aromatic rings. The molecule has 2 N–H and O–H groups in total. The van der Waals surface area contributed by atoms with Crippen molar-refractivity contribution in [2.45, 2.75) is 25.4 Å². The lowest BCUT2D eigenvalue weighted by Crippen LogP contribution is -2.39. The minimum atomic E-state index is -4.10. The lowest BCUT2D eigenvalue weighted by Gasteiger charge is -2.34. The van der Waals surface area contributed by atoms with Gasteiger partial charge in [-0.1, -0.05) is 0 Å². The molecular weight excluding hydrogens is 267 g/mol. The summed E-state index contributed by atoms with van der Waals surface area (Å²) >= 11 is 0. The standard InChI is InChI=1S/C14H16F3N3/c15-14(16,17)11-4-7-20(8-5-11)12-1-2-13(19)10(9-12)3-6-18/h1-2,9,11H,3-5,7-8,19H2. The lowest BCUT2D eigenvalue weighted by atomic mass is 9.95. The van der Waals surface area contributed by atoms with Crippen LogP contribution in [0.4, 0.5) is 24.5 Å². The van der Waals surface area contributed by atoms with E-state index < -0.39 is 12.1 Å². The van der Waals surface area contributed by atoms with Crippen molar-refractivity contribution in [3.05, 3.63) is 23.8 Å². The molecule has 2 rings (SSSR count). The average molecular weight is 283 g/mol. The van der Waals surface area contributed by atoms with Gasteiger partial charge in [0.25, 0.3) is 0 Å². The zero-order chi connectivity index (χ0) is 14.8. The molecule has 0 unspecified atom stereocenters. The van der Waals surface area contributed by atoms with Gasteiger partial charge < -0.3 is 10.6 Å². The smallest absolute Gasteiger partial charge is 0.391 e. The maximum absolute atomic E-state index is 12.6. The molecule has 1 heterocycles. The van der Waals surface area contributed by atoms with Gasteiger partial charge in [-0.05, 0) is 36.6 Å². The van der Waals surface area contributed by atoms with Gasteiger partial charge in [0.15, 0.2) is 0 Å². The molecule has 108 valence electrons. The van der Waals surface area contributed by atoms with Crippen LogP contribution in [0.25, 0.3) is 0 Å². The summed E-state index contributed by atoms with van der Waals surface area (Å²) in [4.78, 5) is 1.92. The van der Waals surface area contributed by atoms with Crippen molar-refractivity contribution in [3.63, 3.8) is 0 Å². The first-order valence-corrected chi connectivity index (χ1v) is 6.49. The van der Waals surface area contributed by atoms with E-state index in [2.05, 4.69) is 0 Å². The van der Waals surface area contributed by atoms with Gasteiger partial charge in [-0.15, -0.1) is 0 Å². The lowest BCUT2D eigenvalue weighted by molar-refractivity contribution is -0.179. The fourth-order valence-electron chi connectivity index (χ4n) is 2.49. The molecule has 0 amide bonds. The summed E-state index contributed by atoms with van der Waals surface area (Å²) in [7, 11) is 0. The fourth-order valence-corrected chi connectivity index (χ4v) is 2.49. The third kappa shape index (κ3) is 3.16. The number of alkyl halides is 3. The Hall–Kier alpha value is -1.90. The molecule has 0 saturated carbocycles. The highest BCUT2D eigenvalue weighted by Crippen LogP contribution is 2.35. The van der Waals surface area contributed by atoms with E-state index in [1.165, 1.54) is 0 Å². The molecule has 1 saturated heterocycles. The minimum Gasteiger partial charge on any atom is -0.398 e. The van der Waals surface area contributed by atoms with Crippen LogP contribution in [0.2, 0.25) is 0 Å². The zero-order valence-electron chi connectivity index (χ0n) is 11.0. The second-order valence-electron chi connectivity index (χ2n) is 5.02. The molecule has 3 nitrogen and oxygen atoms in total. The van der Waals surface area contributed by atoms with Gasteiger partial charge in [-0.25, -0.2) is 0 Å². The number of hydrogen-bond donors (Lipinski definition) is 1. The third-order valence-electron chi connectivity index (χ3n) is 3.72. The van der Waals surface area contributed by atoms with Crippen LogP contribution >= 0.6 is 0 Å². The van der Waals surface area contributed by atoms with E-state index in [-0.39, 0.29) is 19.3 Å². The van der Waals surface area contributed by atoms with E-state index in [0.717, 1.165) is 11.3 Å². The second-order valence-corrected chi connectivity index (χ2v) is 5.02. The fraction of sp³-hybridized carbons (Fsp3) is 0.500. The minimum absolute atomic E-state index is 0.113. The summed E-state index contributed by atoms with van der Waals surface area (Å²) in [6.45, 7) is 0.750. The number of nitrogens with two attached hydrogens (primary N) is 1. The van der Waals surface area contributed by atoms with Gasteiger partial charge in [0.2, 0.25) is 0 Å². The highest BCUT2D eigenvalue weighted by molar-refractivity contribution is 5.59. The molecule has 1 aromatic carbocycles. The first-order chi connectivity index (χ1) is 9.41. The first-order valence-electron chi connectivity index (χ1n) is 6.49. The van der Waals surface area contributed by atoms with Crippen molar-refractivity contribution >= 4 is 11.4 Å². The van der Waals surface area contributed by atoms with E-state index in [4.69, 9.17) is 11.0 Å². The molecular formula is C14H16F3N3. The van der Waals surface area contributed by atoms with Crippen molar-refractivity contribution in [3.8, 4) is 6.07 Å². The highest BCUT2D eigenvalue weighted by atomic mass is 19.4. The van der Waals surface area contributed by atoms with Gasteiger partial charge in [-0.2, -0.15) is 18.4 Å². The number of nitrogen functional groups attached to an aromatic ring is 1. The third-order valence-corrected chi connectivity index (χ3v) is 3.72. The molecule has 0 aromatic heterocycles. The number of rotatable bonds is 2. The Kier molecular flexibility index (Phi) is 4.07. The summed E-state index contributed by atoms with van der Waals surface area (Å²) in [6.07, 6.45) is -3.67. The Morgan fingerprint density at radius 2 is 1.95 bits per heavy atom. The average Bonchev–Trinajstić information content (AvgIpc) is 2.41. The topological polar surface area (TPSA) is 53.0 Å². The van der Waals surface area contributed by atoms with Crippen LogP contribution in [0.3, 0.4) is 0 Å². The Morgan fingerprint density at radius 3 is 2.50 bits per heavy atom. The Labute approximate surface area is 115 Å². The monoisotopic (exact) mass is 283 g/mol. The van der Waals surface area contributed by atoms with Gasteiger partial charge in [0.1, 0.15) is 0 Å². The summed E-state index contributed by atoms with van der Waals surface area (Å²) in [5.74, 6) is -1.20. The molecule has 1 aliphatic heterocycles. The van der Waals surface area contributed by atoms with Crippen molar-refractivity contribution < 1.29 is 13.2 Å². The van der Waals surface area contributed by atoms with Crippen LogP contribution < -0.4 is 10.6 Å². The number of benzene rings is 1. The van der Waals surface area contributed by atoms with Crippen LogP contribution in [-0.4, -0.2) is 19.3 Å². The predicted octanol–water partition coefficient (Wildman–Crippen LogP) is 3.11.